The van der Waals surface area contributed by atoms with Crippen LogP contribution in [0.15, 0.2) is 35.0 Å². The van der Waals surface area contributed by atoms with Crippen LogP contribution in [0.25, 0.3) is 5.57 Å². The Morgan fingerprint density at radius 3 is 2.59 bits per heavy atom. The van der Waals surface area contributed by atoms with Gasteiger partial charge in [-0.3, -0.25) is 0 Å². The van der Waals surface area contributed by atoms with Crippen molar-refractivity contribution in [1.82, 2.24) is 0 Å². The molecule has 5 heteroatoms. The van der Waals surface area contributed by atoms with Gasteiger partial charge >= 0.3 is 5.97 Å². The summed E-state index contributed by atoms with van der Waals surface area (Å²) in [6.45, 7) is 0. The van der Waals surface area contributed by atoms with Crippen LogP contribution in [-0.2, 0) is 4.79 Å². The monoisotopic (exact) mass is 251 g/mol. The number of halogens is 1. The molecule has 0 spiro atoms. The van der Waals surface area contributed by atoms with Crippen molar-refractivity contribution in [3.63, 3.8) is 0 Å². The second kappa shape index (κ2) is 4.71. The minimum atomic E-state index is -1.05. The summed E-state index contributed by atoms with van der Waals surface area (Å²) in [5.41, 5.74) is 1.40. The number of nitrogens with zero attached hydrogens (tertiary/aromatic N) is 1. The molecule has 0 amide bonds. The Morgan fingerprint density at radius 1 is 1.41 bits per heavy atom. The maximum absolute atomic E-state index is 12.8. The van der Waals surface area contributed by atoms with Gasteiger partial charge in [-0.25, -0.2) is 14.2 Å². The molecule has 88 valence electrons. The zero-order chi connectivity index (χ0) is 12.4. The van der Waals surface area contributed by atoms with Gasteiger partial charge in [0.25, 0.3) is 0 Å². The fourth-order valence-corrected chi connectivity index (χ4v) is 2.12. The molecule has 1 N–H and O–H groups in total. The molecule has 1 heterocycles. The smallest absolute Gasteiger partial charge is 0.354 e. The van der Waals surface area contributed by atoms with E-state index in [-0.39, 0.29) is 11.5 Å². The fourth-order valence-electron chi connectivity index (χ4n) is 1.65. The number of hydrogen-bond acceptors (Lipinski definition) is 3. The van der Waals surface area contributed by atoms with Crippen LogP contribution in [0.5, 0.6) is 0 Å². The minimum absolute atomic E-state index is 0.0564. The van der Waals surface area contributed by atoms with E-state index in [1.165, 1.54) is 23.9 Å². The number of aliphatic carboxylic acids is 1. The molecule has 1 aromatic carbocycles. The molecule has 0 aliphatic carbocycles. The Balaban J connectivity index is 2.41. The van der Waals surface area contributed by atoms with E-state index in [1.807, 2.05) is 6.26 Å². The van der Waals surface area contributed by atoms with Crippen molar-refractivity contribution in [2.45, 2.75) is 6.42 Å². The van der Waals surface area contributed by atoms with E-state index in [4.69, 9.17) is 5.11 Å². The Bertz CT molecular complexity index is 520. The van der Waals surface area contributed by atoms with Crippen molar-refractivity contribution < 1.29 is 14.3 Å². The average molecular weight is 251 g/mol. The van der Waals surface area contributed by atoms with Crippen molar-refractivity contribution in [3.05, 3.63) is 41.3 Å². The van der Waals surface area contributed by atoms with Crippen LogP contribution in [0.2, 0.25) is 0 Å². The van der Waals surface area contributed by atoms with Gasteiger partial charge in [-0.1, -0.05) is 12.1 Å². The highest BCUT2D eigenvalue weighted by Crippen LogP contribution is 2.32. The lowest BCUT2D eigenvalue weighted by atomic mass is 10.0. The highest BCUT2D eigenvalue weighted by molar-refractivity contribution is 8.13. The van der Waals surface area contributed by atoms with Gasteiger partial charge in [-0.15, -0.1) is 11.8 Å². The van der Waals surface area contributed by atoms with Crippen LogP contribution in [0.4, 0.5) is 4.39 Å². The molecule has 0 bridgehead atoms. The first-order valence-corrected chi connectivity index (χ1v) is 6.18. The quantitative estimate of drug-likeness (QED) is 0.879. The van der Waals surface area contributed by atoms with E-state index < -0.39 is 5.97 Å². The first kappa shape index (κ1) is 11.9. The summed E-state index contributed by atoms with van der Waals surface area (Å²) in [6.07, 6.45) is 2.35. The summed E-state index contributed by atoms with van der Waals surface area (Å²) >= 11 is 1.43. The van der Waals surface area contributed by atoms with Gasteiger partial charge in [-0.2, -0.15) is 0 Å². The molecule has 1 aliphatic heterocycles. The van der Waals surface area contributed by atoms with E-state index in [9.17, 15) is 9.18 Å². The number of benzene rings is 1. The Hall–Kier alpha value is -1.62. The number of carbonyl (C=O) groups is 1. The van der Waals surface area contributed by atoms with Gasteiger partial charge in [0.2, 0.25) is 0 Å². The van der Waals surface area contributed by atoms with E-state index in [1.54, 1.807) is 12.1 Å². The summed E-state index contributed by atoms with van der Waals surface area (Å²) in [5, 5.41) is 9.83. The second-order valence-corrected chi connectivity index (χ2v) is 4.41. The lowest BCUT2D eigenvalue weighted by Gasteiger charge is -2.03. The lowest BCUT2D eigenvalue weighted by molar-refractivity contribution is -0.132. The van der Waals surface area contributed by atoms with Crippen LogP contribution in [0.3, 0.4) is 0 Å². The van der Waals surface area contributed by atoms with Gasteiger partial charge in [0.05, 0.1) is 5.04 Å². The van der Waals surface area contributed by atoms with Crippen LogP contribution in [0, 0.1) is 5.82 Å². The predicted molar refractivity (Wildman–Crippen MR) is 66.5 cm³/mol. The van der Waals surface area contributed by atoms with E-state index in [0.29, 0.717) is 17.6 Å². The number of carboxylic acid groups (broad SMARTS) is 1. The van der Waals surface area contributed by atoms with Crippen LogP contribution in [0.1, 0.15) is 12.0 Å². The summed E-state index contributed by atoms with van der Waals surface area (Å²) in [5.74, 6) is -1.39. The van der Waals surface area contributed by atoms with Crippen LogP contribution in [-0.4, -0.2) is 22.4 Å². The third-order valence-electron chi connectivity index (χ3n) is 2.48. The number of hydrogen-bond donors (Lipinski definition) is 1. The molecule has 17 heavy (non-hydrogen) atoms. The van der Waals surface area contributed by atoms with E-state index in [0.717, 1.165) is 5.04 Å². The molecule has 0 saturated carbocycles. The van der Waals surface area contributed by atoms with Crippen molar-refractivity contribution in [1.29, 1.82) is 0 Å². The molecule has 0 radical (unpaired) electrons. The maximum atomic E-state index is 12.8. The van der Waals surface area contributed by atoms with Crippen molar-refractivity contribution in [2.75, 3.05) is 6.26 Å². The standard InChI is InChI=1S/C12H10FNO2S/c1-17-10-6-9(11(14-10)12(15)16)7-2-4-8(13)5-3-7/h2-5H,6H2,1H3,(H,15,16). The Labute approximate surface area is 102 Å². The van der Waals surface area contributed by atoms with Gasteiger partial charge in [-0.05, 0) is 29.5 Å². The van der Waals surface area contributed by atoms with Gasteiger partial charge in [0.15, 0.2) is 5.70 Å². The number of rotatable bonds is 2. The molecular weight excluding hydrogens is 241 g/mol. The molecule has 0 fully saturated rings. The predicted octanol–water partition coefficient (Wildman–Crippen LogP) is 2.79. The highest BCUT2D eigenvalue weighted by Gasteiger charge is 2.23. The summed E-state index contributed by atoms with van der Waals surface area (Å²) in [6, 6.07) is 5.79. The van der Waals surface area contributed by atoms with Gasteiger partial charge in [0.1, 0.15) is 5.82 Å². The third-order valence-corrected chi connectivity index (χ3v) is 3.19. The topological polar surface area (TPSA) is 49.7 Å². The van der Waals surface area contributed by atoms with Gasteiger partial charge < -0.3 is 5.11 Å². The Morgan fingerprint density at radius 2 is 2.06 bits per heavy atom. The van der Waals surface area contributed by atoms with Crippen LogP contribution >= 0.6 is 11.8 Å². The molecule has 0 atom stereocenters. The normalized spacial score (nSPS) is 15.1. The summed E-state index contributed by atoms with van der Waals surface area (Å²) < 4.78 is 12.8. The van der Waals surface area contributed by atoms with Crippen LogP contribution < -0.4 is 0 Å². The first-order chi connectivity index (χ1) is 8.11. The number of allylic oxidation sites excluding steroid dienone is 1. The number of thioether (sulfide) groups is 1. The molecule has 2 rings (SSSR count). The maximum Gasteiger partial charge on any atom is 0.354 e. The van der Waals surface area contributed by atoms with Crippen molar-refractivity contribution in [2.24, 2.45) is 4.99 Å². The zero-order valence-corrected chi connectivity index (χ0v) is 9.92. The van der Waals surface area contributed by atoms with E-state index >= 15 is 0 Å². The molecular formula is C12H10FNO2S. The second-order valence-electron chi connectivity index (χ2n) is 3.53. The lowest BCUT2D eigenvalue weighted by Crippen LogP contribution is -1.98. The zero-order valence-electron chi connectivity index (χ0n) is 9.11. The van der Waals surface area contributed by atoms with Crippen molar-refractivity contribution in [3.8, 4) is 0 Å². The average Bonchev–Trinajstić information content (AvgIpc) is 2.74. The largest absolute Gasteiger partial charge is 0.477 e. The Kier molecular flexibility index (Phi) is 3.28. The molecule has 0 saturated heterocycles. The number of aliphatic imine (C=N–C) groups is 1. The fraction of sp³-hybridized carbons (Fsp3) is 0.167. The minimum Gasteiger partial charge on any atom is -0.477 e. The summed E-state index contributed by atoms with van der Waals surface area (Å²) in [4.78, 5) is 15.1. The SMILES string of the molecule is CSC1=NC(C(=O)O)=C(c2ccc(F)cc2)C1. The summed E-state index contributed by atoms with van der Waals surface area (Å²) in [7, 11) is 0. The van der Waals surface area contributed by atoms with Crippen molar-refractivity contribution >= 4 is 28.3 Å². The molecule has 3 nitrogen and oxygen atoms in total. The van der Waals surface area contributed by atoms with Gasteiger partial charge in [0, 0.05) is 6.42 Å². The highest BCUT2D eigenvalue weighted by atomic mass is 32.2. The molecule has 0 unspecified atom stereocenters. The molecule has 1 aromatic rings. The molecule has 0 aromatic heterocycles. The molecule has 1 aliphatic rings. The number of carboxylic acids is 1. The third kappa shape index (κ3) is 2.39. The van der Waals surface area contributed by atoms with E-state index in [2.05, 4.69) is 4.99 Å². The first-order valence-electron chi connectivity index (χ1n) is 4.95.